The monoisotopic (exact) mass is 475 g/mol. The van der Waals surface area contributed by atoms with E-state index >= 15 is 0 Å². The lowest BCUT2D eigenvalue weighted by molar-refractivity contribution is -0.131. The first-order valence-corrected chi connectivity index (χ1v) is 12.5. The molecule has 34 heavy (non-hydrogen) atoms. The number of hydrogen-bond acceptors (Lipinski definition) is 7. The Bertz CT molecular complexity index is 878. The van der Waals surface area contributed by atoms with E-state index in [1.807, 2.05) is 25.1 Å². The summed E-state index contributed by atoms with van der Waals surface area (Å²) in [5, 5.41) is 30.5. The van der Waals surface area contributed by atoms with Gasteiger partial charge in [0.25, 0.3) is 0 Å². The van der Waals surface area contributed by atoms with Crippen LogP contribution in [-0.2, 0) is 22.4 Å². The number of hydrogen-bond donors (Lipinski definition) is 3. The Balaban J connectivity index is 2.34. The van der Waals surface area contributed by atoms with Crippen LogP contribution in [0.25, 0.3) is 0 Å². The van der Waals surface area contributed by atoms with Crippen LogP contribution < -0.4 is 4.90 Å². The molecule has 0 spiro atoms. The van der Waals surface area contributed by atoms with Gasteiger partial charge in [0.2, 0.25) is 0 Å². The number of unbranched alkanes of at least 4 members (excludes halogenated alkanes) is 2. The van der Waals surface area contributed by atoms with E-state index in [-0.39, 0.29) is 61.0 Å². The van der Waals surface area contributed by atoms with E-state index < -0.39 is 5.92 Å². The molecule has 0 saturated heterocycles. The highest BCUT2D eigenvalue weighted by Gasteiger charge is 2.35. The average molecular weight is 476 g/mol. The normalized spacial score (nSPS) is 17.2. The number of Topliss-reactive ketones (excluding diaryl/α,β-unsaturated/α-hetero) is 3. The van der Waals surface area contributed by atoms with Crippen LogP contribution in [0.1, 0.15) is 80.3 Å². The minimum Gasteiger partial charge on any atom is -0.507 e. The first-order chi connectivity index (χ1) is 16.1. The van der Waals surface area contributed by atoms with Gasteiger partial charge in [-0.2, -0.15) is 0 Å². The molecule has 1 aliphatic carbocycles. The van der Waals surface area contributed by atoms with E-state index in [0.717, 1.165) is 42.5 Å². The summed E-state index contributed by atoms with van der Waals surface area (Å²) in [5.74, 6) is -1.74. The molecule has 0 amide bonds. The van der Waals surface area contributed by atoms with E-state index in [4.69, 9.17) is 0 Å². The summed E-state index contributed by atoms with van der Waals surface area (Å²) < 4.78 is 0. The Morgan fingerprint density at radius 3 is 2.44 bits per heavy atom. The summed E-state index contributed by atoms with van der Waals surface area (Å²) in [6, 6.07) is 1.98. The largest absolute Gasteiger partial charge is 0.507 e. The van der Waals surface area contributed by atoms with Crippen LogP contribution in [0.15, 0.2) is 6.07 Å². The Morgan fingerprint density at radius 2 is 1.88 bits per heavy atom. The number of ketones is 3. The van der Waals surface area contributed by atoms with Gasteiger partial charge < -0.3 is 20.2 Å². The zero-order chi connectivity index (χ0) is 25.4. The van der Waals surface area contributed by atoms with Gasteiger partial charge in [0, 0.05) is 38.7 Å². The molecule has 3 unspecified atom stereocenters. The van der Waals surface area contributed by atoms with Crippen LogP contribution in [0.2, 0.25) is 0 Å². The van der Waals surface area contributed by atoms with Gasteiger partial charge >= 0.3 is 0 Å². The van der Waals surface area contributed by atoms with Gasteiger partial charge in [-0.25, -0.2) is 0 Å². The standard InChI is InChI=1S/C27H41NO6/c1-5-6-7-8-20-15-23(28(3)4)21-13-18(14-25(33)26(21)27(20)34)12-19(9-10-29)22(16-30)24(32)11-17(2)31/h15,18-19,22,29-30,34H,5-14,16H2,1-4H3. The van der Waals surface area contributed by atoms with Crippen molar-refractivity contribution < 1.29 is 29.7 Å². The molecule has 1 aromatic rings. The van der Waals surface area contributed by atoms with Crippen molar-refractivity contribution in [3.05, 3.63) is 22.8 Å². The SMILES string of the molecule is CCCCCc1cc(N(C)C)c2c(c1O)C(=O)CC(CC(CCO)C(CO)C(=O)CC(C)=O)C2. The molecule has 0 fully saturated rings. The van der Waals surface area contributed by atoms with Gasteiger partial charge in [-0.15, -0.1) is 0 Å². The van der Waals surface area contributed by atoms with Crippen LogP contribution >= 0.6 is 0 Å². The third-order valence-corrected chi connectivity index (χ3v) is 6.98. The molecule has 1 aliphatic rings. The number of carbonyl (C=O) groups excluding carboxylic acids is 3. The number of phenols is 1. The van der Waals surface area contributed by atoms with Crippen LogP contribution in [0.5, 0.6) is 5.75 Å². The van der Waals surface area contributed by atoms with Crippen molar-refractivity contribution in [2.45, 2.75) is 71.6 Å². The van der Waals surface area contributed by atoms with Crippen LogP contribution in [0.4, 0.5) is 5.69 Å². The first kappa shape index (κ1) is 28.0. The predicted molar refractivity (Wildman–Crippen MR) is 132 cm³/mol. The van der Waals surface area contributed by atoms with Crippen molar-refractivity contribution in [2.75, 3.05) is 32.2 Å². The summed E-state index contributed by atoms with van der Waals surface area (Å²) in [4.78, 5) is 39.2. The average Bonchev–Trinajstić information content (AvgIpc) is 2.75. The van der Waals surface area contributed by atoms with Gasteiger partial charge in [0.1, 0.15) is 17.3 Å². The van der Waals surface area contributed by atoms with E-state index in [1.165, 1.54) is 6.92 Å². The lowest BCUT2D eigenvalue weighted by Gasteiger charge is -2.33. The highest BCUT2D eigenvalue weighted by Crippen LogP contribution is 2.42. The topological polar surface area (TPSA) is 115 Å². The Morgan fingerprint density at radius 1 is 1.18 bits per heavy atom. The van der Waals surface area contributed by atoms with Crippen LogP contribution in [-0.4, -0.2) is 60.0 Å². The first-order valence-electron chi connectivity index (χ1n) is 12.5. The maximum Gasteiger partial charge on any atom is 0.167 e. The lowest BCUT2D eigenvalue weighted by Crippen LogP contribution is -2.33. The molecule has 0 aromatic heterocycles. The van der Waals surface area contributed by atoms with Gasteiger partial charge in [0.15, 0.2) is 5.78 Å². The van der Waals surface area contributed by atoms with Crippen molar-refractivity contribution in [3.63, 3.8) is 0 Å². The molecule has 7 heteroatoms. The molecule has 0 saturated carbocycles. The van der Waals surface area contributed by atoms with Crippen molar-refractivity contribution in [1.29, 1.82) is 0 Å². The van der Waals surface area contributed by atoms with Crippen molar-refractivity contribution >= 4 is 23.0 Å². The van der Waals surface area contributed by atoms with E-state index in [2.05, 4.69) is 6.92 Å². The summed E-state index contributed by atoms with van der Waals surface area (Å²) in [6.07, 6.45) is 5.17. The quantitative estimate of drug-likeness (QED) is 0.279. The highest BCUT2D eigenvalue weighted by atomic mass is 16.3. The summed E-state index contributed by atoms with van der Waals surface area (Å²) in [7, 11) is 3.85. The molecule has 3 atom stereocenters. The third-order valence-electron chi connectivity index (χ3n) is 6.98. The fourth-order valence-electron chi connectivity index (χ4n) is 5.27. The number of aliphatic hydroxyl groups excluding tert-OH is 2. The molecular weight excluding hydrogens is 434 g/mol. The van der Waals surface area contributed by atoms with Gasteiger partial charge in [-0.1, -0.05) is 19.8 Å². The number of carbonyl (C=O) groups is 3. The fraction of sp³-hybridized carbons (Fsp3) is 0.667. The molecule has 190 valence electrons. The summed E-state index contributed by atoms with van der Waals surface area (Å²) in [6.45, 7) is 2.94. The maximum atomic E-state index is 13.2. The van der Waals surface area contributed by atoms with Gasteiger partial charge in [0.05, 0.1) is 18.6 Å². The molecule has 1 aromatic carbocycles. The summed E-state index contributed by atoms with van der Waals surface area (Å²) >= 11 is 0. The lowest BCUT2D eigenvalue weighted by atomic mass is 9.73. The molecular formula is C27H41NO6. The molecule has 3 N–H and O–H groups in total. The second kappa shape index (κ2) is 13.0. The number of rotatable bonds is 14. The molecule has 0 bridgehead atoms. The number of aromatic hydroxyl groups is 1. The second-order valence-corrected chi connectivity index (χ2v) is 9.95. The maximum absolute atomic E-state index is 13.2. The minimum atomic E-state index is -0.741. The van der Waals surface area contributed by atoms with E-state index in [0.29, 0.717) is 24.8 Å². The van der Waals surface area contributed by atoms with Crippen molar-refractivity contribution in [1.82, 2.24) is 0 Å². The highest BCUT2D eigenvalue weighted by molar-refractivity contribution is 6.03. The van der Waals surface area contributed by atoms with Crippen molar-refractivity contribution in [2.24, 2.45) is 17.8 Å². The number of aliphatic hydroxyl groups is 2. The fourth-order valence-corrected chi connectivity index (χ4v) is 5.27. The third kappa shape index (κ3) is 6.89. The number of aryl methyl sites for hydroxylation is 1. The Hall–Kier alpha value is -2.25. The van der Waals surface area contributed by atoms with Gasteiger partial charge in [-0.3, -0.25) is 14.4 Å². The number of fused-ring (bicyclic) bond motifs is 1. The Kier molecular flexibility index (Phi) is 10.7. The molecule has 0 aliphatic heterocycles. The second-order valence-electron chi connectivity index (χ2n) is 9.95. The zero-order valence-electron chi connectivity index (χ0n) is 21.1. The van der Waals surface area contributed by atoms with Gasteiger partial charge in [-0.05, 0) is 68.1 Å². The summed E-state index contributed by atoms with van der Waals surface area (Å²) in [5.41, 5.74) is 2.96. The smallest absolute Gasteiger partial charge is 0.167 e. The minimum absolute atomic E-state index is 0.0835. The zero-order valence-corrected chi connectivity index (χ0v) is 21.1. The molecule has 0 heterocycles. The van der Waals surface area contributed by atoms with E-state index in [1.54, 1.807) is 0 Å². The number of anilines is 1. The molecule has 7 nitrogen and oxygen atoms in total. The molecule has 0 radical (unpaired) electrons. The van der Waals surface area contributed by atoms with E-state index in [9.17, 15) is 29.7 Å². The number of nitrogens with zero attached hydrogens (tertiary/aromatic N) is 1. The predicted octanol–water partition coefficient (Wildman–Crippen LogP) is 3.48. The Labute approximate surface area is 203 Å². The van der Waals surface area contributed by atoms with Crippen molar-refractivity contribution in [3.8, 4) is 5.75 Å². The number of benzene rings is 1. The number of phenolic OH excluding ortho intramolecular Hbond substituents is 1. The van der Waals surface area contributed by atoms with Crippen LogP contribution in [0, 0.1) is 17.8 Å². The molecule has 2 rings (SSSR count). The van der Waals surface area contributed by atoms with Crippen LogP contribution in [0.3, 0.4) is 0 Å².